The zero-order chi connectivity index (χ0) is 18.4. The summed E-state index contributed by atoms with van der Waals surface area (Å²) in [5.74, 6) is 0.989. The van der Waals surface area contributed by atoms with Gasteiger partial charge in [-0.25, -0.2) is 4.98 Å². The summed E-state index contributed by atoms with van der Waals surface area (Å²) in [5, 5.41) is 8.56. The van der Waals surface area contributed by atoms with Crippen LogP contribution in [-0.2, 0) is 11.3 Å². The van der Waals surface area contributed by atoms with Gasteiger partial charge in [-0.05, 0) is 42.5 Å². The van der Waals surface area contributed by atoms with Gasteiger partial charge >= 0.3 is 0 Å². The fourth-order valence-electron chi connectivity index (χ4n) is 2.30. The normalized spacial score (nSPS) is 10.2. The molecule has 0 saturated heterocycles. The first kappa shape index (κ1) is 17.2. The van der Waals surface area contributed by atoms with E-state index < -0.39 is 0 Å². The molecule has 0 aliphatic heterocycles. The average Bonchev–Trinajstić information content (AvgIpc) is 3.14. The number of pyridine rings is 1. The number of anilines is 3. The van der Waals surface area contributed by atoms with E-state index in [-0.39, 0.29) is 11.8 Å². The molecular weight excluding hydrogens is 332 g/mol. The van der Waals surface area contributed by atoms with E-state index in [1.165, 1.54) is 13.1 Å². The Balaban J connectivity index is 1.60. The van der Waals surface area contributed by atoms with Gasteiger partial charge in [-0.3, -0.25) is 9.59 Å². The second-order valence-electron chi connectivity index (χ2n) is 5.58. The van der Waals surface area contributed by atoms with Crippen LogP contribution < -0.4 is 16.0 Å². The van der Waals surface area contributed by atoms with Crippen LogP contribution in [0.5, 0.6) is 0 Å². The summed E-state index contributed by atoms with van der Waals surface area (Å²) in [5.41, 5.74) is 1.63. The van der Waals surface area contributed by atoms with E-state index in [1.54, 1.807) is 42.7 Å². The van der Waals surface area contributed by atoms with Crippen molar-refractivity contribution in [3.63, 3.8) is 0 Å². The molecule has 3 N–H and O–H groups in total. The first-order valence-corrected chi connectivity index (χ1v) is 8.01. The Morgan fingerprint density at radius 1 is 1.04 bits per heavy atom. The number of hydrogen-bond donors (Lipinski definition) is 3. The summed E-state index contributed by atoms with van der Waals surface area (Å²) < 4.78 is 5.24. The molecular formula is C19H18N4O3. The maximum Gasteiger partial charge on any atom is 0.257 e. The van der Waals surface area contributed by atoms with Gasteiger partial charge in [-0.15, -0.1) is 0 Å². The predicted octanol–water partition coefficient (Wildman–Crippen LogP) is 3.50. The predicted molar refractivity (Wildman–Crippen MR) is 99.0 cm³/mol. The third-order valence-corrected chi connectivity index (χ3v) is 3.49. The lowest BCUT2D eigenvalue weighted by Gasteiger charge is -2.08. The zero-order valence-electron chi connectivity index (χ0n) is 14.2. The lowest BCUT2D eigenvalue weighted by Crippen LogP contribution is -2.13. The first-order valence-electron chi connectivity index (χ1n) is 8.01. The summed E-state index contributed by atoms with van der Waals surface area (Å²) >= 11 is 0. The van der Waals surface area contributed by atoms with Crippen molar-refractivity contribution in [3.8, 4) is 0 Å². The monoisotopic (exact) mass is 350 g/mol. The maximum absolute atomic E-state index is 12.3. The Morgan fingerprint density at radius 3 is 2.50 bits per heavy atom. The average molecular weight is 350 g/mol. The van der Waals surface area contributed by atoms with Gasteiger partial charge in [0.15, 0.2) is 0 Å². The van der Waals surface area contributed by atoms with Gasteiger partial charge in [-0.2, -0.15) is 0 Å². The van der Waals surface area contributed by atoms with E-state index in [1.807, 2.05) is 12.1 Å². The number of nitrogens with zero attached hydrogens (tertiary/aromatic N) is 1. The molecule has 0 aliphatic carbocycles. The Bertz CT molecular complexity index is 889. The molecule has 2 aromatic heterocycles. The molecule has 0 fully saturated rings. The first-order chi connectivity index (χ1) is 12.6. The Hall–Kier alpha value is -3.61. The molecule has 26 heavy (non-hydrogen) atoms. The molecule has 7 nitrogen and oxygen atoms in total. The van der Waals surface area contributed by atoms with E-state index in [0.29, 0.717) is 29.3 Å². The van der Waals surface area contributed by atoms with E-state index in [4.69, 9.17) is 4.42 Å². The van der Waals surface area contributed by atoms with Crippen LogP contribution >= 0.6 is 0 Å². The summed E-state index contributed by atoms with van der Waals surface area (Å²) in [6, 6.07) is 14.0. The van der Waals surface area contributed by atoms with Gasteiger partial charge in [0.05, 0.1) is 18.4 Å². The highest BCUT2D eigenvalue weighted by Gasteiger charge is 2.08. The van der Waals surface area contributed by atoms with Crippen molar-refractivity contribution >= 4 is 29.0 Å². The zero-order valence-corrected chi connectivity index (χ0v) is 14.2. The number of aromatic nitrogens is 1. The standard InChI is InChI=1S/C19H18N4O3/c1-13(24)22-15-4-2-5-16(10-15)23-19(25)14-7-8-18(20-11-14)21-12-17-6-3-9-26-17/h2-11H,12H2,1H3,(H,20,21)(H,22,24)(H,23,25). The molecule has 1 aromatic carbocycles. The Labute approximate surface area is 150 Å². The fraction of sp³-hybridized carbons (Fsp3) is 0.105. The van der Waals surface area contributed by atoms with Crippen molar-refractivity contribution in [1.82, 2.24) is 4.98 Å². The Morgan fingerprint density at radius 2 is 1.85 bits per heavy atom. The van der Waals surface area contributed by atoms with Crippen LogP contribution in [0.4, 0.5) is 17.2 Å². The molecule has 0 aliphatic rings. The number of amides is 2. The summed E-state index contributed by atoms with van der Waals surface area (Å²) in [6.07, 6.45) is 3.11. The lowest BCUT2D eigenvalue weighted by atomic mass is 10.2. The van der Waals surface area contributed by atoms with Gasteiger partial charge < -0.3 is 20.4 Å². The summed E-state index contributed by atoms with van der Waals surface area (Å²) in [6.45, 7) is 1.94. The number of rotatable bonds is 6. The number of hydrogen-bond acceptors (Lipinski definition) is 5. The molecule has 7 heteroatoms. The van der Waals surface area contributed by atoms with Gasteiger partial charge in [0.1, 0.15) is 11.6 Å². The van der Waals surface area contributed by atoms with Crippen molar-refractivity contribution < 1.29 is 14.0 Å². The second kappa shape index (κ2) is 7.98. The number of furan rings is 1. The van der Waals surface area contributed by atoms with Gasteiger partial charge in [-0.1, -0.05) is 6.07 Å². The highest BCUT2D eigenvalue weighted by atomic mass is 16.3. The molecule has 2 heterocycles. The van der Waals surface area contributed by atoms with Crippen molar-refractivity contribution in [3.05, 3.63) is 72.3 Å². The third-order valence-electron chi connectivity index (χ3n) is 3.49. The van der Waals surface area contributed by atoms with E-state index in [9.17, 15) is 9.59 Å². The molecule has 0 bridgehead atoms. The SMILES string of the molecule is CC(=O)Nc1cccc(NC(=O)c2ccc(NCc3ccco3)nc2)c1. The van der Waals surface area contributed by atoms with Crippen LogP contribution in [0.1, 0.15) is 23.0 Å². The van der Waals surface area contributed by atoms with Gasteiger partial charge in [0.25, 0.3) is 5.91 Å². The van der Waals surface area contributed by atoms with E-state index in [0.717, 1.165) is 5.76 Å². The molecule has 2 amide bonds. The van der Waals surface area contributed by atoms with Crippen LogP contribution in [0.15, 0.2) is 65.4 Å². The van der Waals surface area contributed by atoms with Crippen molar-refractivity contribution in [2.45, 2.75) is 13.5 Å². The van der Waals surface area contributed by atoms with Crippen LogP contribution in [0.3, 0.4) is 0 Å². The van der Waals surface area contributed by atoms with Crippen LogP contribution in [0.25, 0.3) is 0 Å². The van der Waals surface area contributed by atoms with Crippen molar-refractivity contribution in [2.24, 2.45) is 0 Å². The van der Waals surface area contributed by atoms with Crippen molar-refractivity contribution in [2.75, 3.05) is 16.0 Å². The Kier molecular flexibility index (Phi) is 5.28. The minimum Gasteiger partial charge on any atom is -0.467 e. The molecule has 132 valence electrons. The molecule has 0 radical (unpaired) electrons. The molecule has 0 atom stereocenters. The summed E-state index contributed by atoms with van der Waals surface area (Å²) in [7, 11) is 0. The number of benzene rings is 1. The lowest BCUT2D eigenvalue weighted by molar-refractivity contribution is -0.114. The molecule has 0 spiro atoms. The van der Waals surface area contributed by atoms with Gasteiger partial charge in [0.2, 0.25) is 5.91 Å². The van der Waals surface area contributed by atoms with Crippen molar-refractivity contribution in [1.29, 1.82) is 0 Å². The number of carbonyl (C=O) groups is 2. The number of nitrogens with one attached hydrogen (secondary N) is 3. The quantitative estimate of drug-likeness (QED) is 0.632. The molecule has 0 saturated carbocycles. The minimum atomic E-state index is -0.282. The topological polar surface area (TPSA) is 96.3 Å². The second-order valence-corrected chi connectivity index (χ2v) is 5.58. The van der Waals surface area contributed by atoms with Crippen LogP contribution in [0.2, 0.25) is 0 Å². The van der Waals surface area contributed by atoms with Gasteiger partial charge in [0, 0.05) is 24.5 Å². The largest absolute Gasteiger partial charge is 0.467 e. The highest BCUT2D eigenvalue weighted by molar-refractivity contribution is 6.04. The van der Waals surface area contributed by atoms with E-state index >= 15 is 0 Å². The molecule has 3 rings (SSSR count). The summed E-state index contributed by atoms with van der Waals surface area (Å²) in [4.78, 5) is 27.7. The maximum atomic E-state index is 12.3. The highest BCUT2D eigenvalue weighted by Crippen LogP contribution is 2.16. The number of carbonyl (C=O) groups excluding carboxylic acids is 2. The smallest absolute Gasteiger partial charge is 0.257 e. The third kappa shape index (κ3) is 4.70. The molecule has 0 unspecified atom stereocenters. The fourth-order valence-corrected chi connectivity index (χ4v) is 2.30. The molecule has 3 aromatic rings. The van der Waals surface area contributed by atoms with Crippen LogP contribution in [0, 0.1) is 0 Å². The minimum absolute atomic E-state index is 0.171. The van der Waals surface area contributed by atoms with E-state index in [2.05, 4.69) is 20.9 Å². The van der Waals surface area contributed by atoms with Crippen LogP contribution in [-0.4, -0.2) is 16.8 Å².